The molecule has 140 valence electrons. The molecule has 1 aliphatic rings. The molecule has 0 saturated carbocycles. The Balaban J connectivity index is 1.99. The van der Waals surface area contributed by atoms with Gasteiger partial charge >= 0.3 is 0 Å². The molecular weight excluding hydrogens is 361 g/mol. The third kappa shape index (κ3) is 4.79. The molecule has 1 aromatic rings. The normalized spacial score (nSPS) is 27.4. The summed E-state index contributed by atoms with van der Waals surface area (Å²) in [5.41, 5.74) is 5.25. The van der Waals surface area contributed by atoms with Crippen molar-refractivity contribution in [3.05, 3.63) is 41.3 Å². The molecule has 1 aliphatic heterocycles. The van der Waals surface area contributed by atoms with Crippen LogP contribution < -0.4 is 11.1 Å². The molecule has 1 saturated heterocycles. The van der Waals surface area contributed by atoms with Gasteiger partial charge in [-0.2, -0.15) is 0 Å². The van der Waals surface area contributed by atoms with Crippen molar-refractivity contribution in [2.24, 2.45) is 5.73 Å². The van der Waals surface area contributed by atoms with Crippen molar-refractivity contribution in [3.8, 4) is 0 Å². The molecule has 0 amide bonds. The summed E-state index contributed by atoms with van der Waals surface area (Å²) < 4.78 is 50.3. The molecule has 10 heteroatoms. The van der Waals surface area contributed by atoms with Crippen LogP contribution in [0.3, 0.4) is 0 Å². The summed E-state index contributed by atoms with van der Waals surface area (Å²) in [4.78, 5) is 0. The van der Waals surface area contributed by atoms with Gasteiger partial charge in [-0.15, -0.1) is 11.8 Å². The van der Waals surface area contributed by atoms with E-state index in [4.69, 9.17) is 20.3 Å². The zero-order chi connectivity index (χ0) is 18.6. The molecule has 3 unspecified atom stereocenters. The van der Waals surface area contributed by atoms with Gasteiger partial charge in [0.05, 0.1) is 12.3 Å². The van der Waals surface area contributed by atoms with Crippen LogP contribution in [0.25, 0.3) is 5.70 Å². The first-order valence-corrected chi connectivity index (χ1v) is 8.62. The second-order valence-electron chi connectivity index (χ2n) is 5.29. The Kier molecular flexibility index (Phi) is 6.96. The minimum atomic E-state index is -1.56. The van der Waals surface area contributed by atoms with Crippen molar-refractivity contribution >= 4 is 17.5 Å². The van der Waals surface area contributed by atoms with E-state index in [1.54, 1.807) is 6.26 Å². The first-order chi connectivity index (χ1) is 11.9. The first kappa shape index (κ1) is 19.9. The van der Waals surface area contributed by atoms with Gasteiger partial charge in [-0.1, -0.05) is 0 Å². The van der Waals surface area contributed by atoms with Crippen LogP contribution in [-0.4, -0.2) is 53.6 Å². The third-order valence-electron chi connectivity index (χ3n) is 3.55. The highest BCUT2D eigenvalue weighted by Gasteiger charge is 2.37. The topological polar surface area (TPSA) is 97.0 Å². The molecule has 5 N–H and O–H groups in total. The molecule has 0 radical (unpaired) electrons. The fourth-order valence-electron chi connectivity index (χ4n) is 2.23. The van der Waals surface area contributed by atoms with E-state index in [-0.39, 0.29) is 24.4 Å². The van der Waals surface area contributed by atoms with E-state index in [1.807, 2.05) is 0 Å². The maximum Gasteiger partial charge on any atom is 0.194 e. The highest BCUT2D eigenvalue weighted by molar-refractivity contribution is 7.99. The summed E-state index contributed by atoms with van der Waals surface area (Å²) in [6.07, 6.45) is 0.401. The molecule has 6 nitrogen and oxygen atoms in total. The molecule has 0 aliphatic carbocycles. The Bertz CT molecular complexity index is 612. The van der Waals surface area contributed by atoms with E-state index in [9.17, 15) is 18.3 Å². The molecule has 0 aromatic heterocycles. The van der Waals surface area contributed by atoms with Gasteiger partial charge in [-0.05, 0) is 18.4 Å². The zero-order valence-electron chi connectivity index (χ0n) is 13.3. The highest BCUT2D eigenvalue weighted by Crippen LogP contribution is 2.25. The molecule has 0 spiro atoms. The van der Waals surface area contributed by atoms with Crippen LogP contribution in [0.1, 0.15) is 5.56 Å². The second-order valence-corrected chi connectivity index (χ2v) is 6.22. The average molecular weight is 380 g/mol. The van der Waals surface area contributed by atoms with Gasteiger partial charge in [-0.3, -0.25) is 0 Å². The molecule has 1 fully saturated rings. The van der Waals surface area contributed by atoms with E-state index >= 15 is 0 Å². The highest BCUT2D eigenvalue weighted by atomic mass is 32.2. The van der Waals surface area contributed by atoms with Crippen LogP contribution in [0.4, 0.5) is 13.2 Å². The van der Waals surface area contributed by atoms with Gasteiger partial charge in [-0.25, -0.2) is 13.2 Å². The Labute approximate surface area is 146 Å². The molecule has 1 aromatic carbocycles. The van der Waals surface area contributed by atoms with Gasteiger partial charge in [0.1, 0.15) is 17.6 Å². The largest absolute Gasteiger partial charge is 0.397 e. The van der Waals surface area contributed by atoms with Crippen LogP contribution >= 0.6 is 11.8 Å². The number of hydrogen-bond donors (Lipinski definition) is 4. The molecular formula is C15H19F3N2O4S. The predicted octanol–water partition coefficient (Wildman–Crippen LogP) is 0.734. The quantitative estimate of drug-likeness (QED) is 0.541. The van der Waals surface area contributed by atoms with Gasteiger partial charge in [0.2, 0.25) is 0 Å². The number of hydrogen-bond acceptors (Lipinski definition) is 7. The minimum absolute atomic E-state index is 0.0102. The van der Waals surface area contributed by atoms with Crippen molar-refractivity contribution in [3.63, 3.8) is 0 Å². The Morgan fingerprint density at radius 1 is 1.28 bits per heavy atom. The van der Waals surface area contributed by atoms with Gasteiger partial charge in [0.25, 0.3) is 0 Å². The number of nitrogens with one attached hydrogen (secondary N) is 1. The van der Waals surface area contributed by atoms with E-state index in [1.165, 1.54) is 18.0 Å². The Morgan fingerprint density at radius 3 is 2.48 bits per heavy atom. The molecule has 0 bridgehead atoms. The smallest absolute Gasteiger partial charge is 0.194 e. The van der Waals surface area contributed by atoms with Crippen molar-refractivity contribution in [1.29, 1.82) is 0 Å². The lowest BCUT2D eigenvalue weighted by Crippen LogP contribution is -2.52. The monoisotopic (exact) mass is 380 g/mol. The molecule has 4 atom stereocenters. The molecule has 2 rings (SSSR count). The van der Waals surface area contributed by atoms with Gasteiger partial charge in [0.15, 0.2) is 23.7 Å². The fourth-order valence-corrected chi connectivity index (χ4v) is 2.95. The van der Waals surface area contributed by atoms with E-state index in [0.29, 0.717) is 0 Å². The number of rotatable bonds is 6. The molecule has 1 heterocycles. The van der Waals surface area contributed by atoms with Crippen LogP contribution in [0.15, 0.2) is 18.3 Å². The number of nitrogens with two attached hydrogens (primary N) is 1. The number of ether oxygens (including phenoxy) is 2. The van der Waals surface area contributed by atoms with Crippen molar-refractivity contribution in [1.82, 2.24) is 5.32 Å². The van der Waals surface area contributed by atoms with Crippen LogP contribution in [0, 0.1) is 17.5 Å². The number of aliphatic hydroxyl groups is 2. The fraction of sp³-hybridized carbons (Fsp3) is 0.467. The van der Waals surface area contributed by atoms with Gasteiger partial charge in [0, 0.05) is 18.3 Å². The maximum atomic E-state index is 13.2. The van der Waals surface area contributed by atoms with Crippen LogP contribution in [0.2, 0.25) is 0 Å². The zero-order valence-corrected chi connectivity index (χ0v) is 14.1. The predicted molar refractivity (Wildman–Crippen MR) is 86.6 cm³/mol. The van der Waals surface area contributed by atoms with E-state index < -0.39 is 41.4 Å². The lowest BCUT2D eigenvalue weighted by atomic mass is 10.1. The van der Waals surface area contributed by atoms with Crippen molar-refractivity contribution in [2.45, 2.75) is 23.9 Å². The lowest BCUT2D eigenvalue weighted by molar-refractivity contribution is -0.270. The van der Waals surface area contributed by atoms with Crippen LogP contribution in [0.5, 0.6) is 0 Å². The number of halogens is 3. The summed E-state index contributed by atoms with van der Waals surface area (Å²) in [5.74, 6) is -4.24. The summed E-state index contributed by atoms with van der Waals surface area (Å²) in [6.45, 7) is -0.208. The van der Waals surface area contributed by atoms with Crippen molar-refractivity contribution < 1.29 is 32.9 Å². The second kappa shape index (κ2) is 8.77. The lowest BCUT2D eigenvalue weighted by Gasteiger charge is -2.38. The number of thioether (sulfide) groups is 1. The van der Waals surface area contributed by atoms with Crippen molar-refractivity contribution in [2.75, 3.05) is 19.4 Å². The van der Waals surface area contributed by atoms with Crippen LogP contribution in [-0.2, 0) is 9.47 Å². The third-order valence-corrected chi connectivity index (χ3v) is 4.43. The van der Waals surface area contributed by atoms with Gasteiger partial charge < -0.3 is 30.7 Å². The minimum Gasteiger partial charge on any atom is -0.397 e. The molecule has 25 heavy (non-hydrogen) atoms. The van der Waals surface area contributed by atoms with E-state index in [2.05, 4.69) is 5.32 Å². The average Bonchev–Trinajstić information content (AvgIpc) is 2.59. The standard InChI is InChI=1S/C15H19F3N2O4S/c1-25-15-11(23-14(22)12(6-21)24-15)5-20-4-10(19)7-2-8(16)13(18)9(17)3-7/h2-4,11-12,14-15,20-22H,5-6,19H2,1H3/b10-4-/t11-,12?,14?,15?/m0/s1. The van der Waals surface area contributed by atoms with E-state index in [0.717, 1.165) is 12.1 Å². The Hall–Kier alpha value is -1.46. The summed E-state index contributed by atoms with van der Waals surface area (Å²) in [5, 5.41) is 21.6. The summed E-state index contributed by atoms with van der Waals surface area (Å²) >= 11 is 1.33. The first-order valence-electron chi connectivity index (χ1n) is 7.34. The maximum absolute atomic E-state index is 13.2. The SMILES string of the molecule is CSC1OC(CO)C(O)O[C@H]1CN/C=C(\N)c1cc(F)c(F)c(F)c1. The Morgan fingerprint density at radius 2 is 1.92 bits per heavy atom. The summed E-state index contributed by atoms with van der Waals surface area (Å²) in [6, 6.07) is 1.57. The number of benzene rings is 1. The summed E-state index contributed by atoms with van der Waals surface area (Å²) in [7, 11) is 0. The number of aliphatic hydroxyl groups excluding tert-OH is 2.